The molecule has 0 aromatic carbocycles. The van der Waals surface area contributed by atoms with Gasteiger partial charge in [-0.3, -0.25) is 4.79 Å². The van der Waals surface area contributed by atoms with E-state index in [4.69, 9.17) is 10.2 Å². The molecule has 0 aromatic rings. The fourth-order valence-corrected chi connectivity index (χ4v) is 0.734. The van der Waals surface area contributed by atoms with Crippen LogP contribution in [0.2, 0.25) is 0 Å². The van der Waals surface area contributed by atoms with Gasteiger partial charge in [-0.25, -0.2) is 0 Å². The Morgan fingerprint density at radius 1 is 1.67 bits per heavy atom. The molecule has 0 rings (SSSR count). The second-order valence-corrected chi connectivity index (χ2v) is 2.47. The van der Waals surface area contributed by atoms with Crippen LogP contribution in [-0.4, -0.2) is 35.5 Å². The second kappa shape index (κ2) is 5.74. The SMILES string of the molecule is C=C[C@H](O)C[C@H](O)CC(=O)OC. The van der Waals surface area contributed by atoms with Crippen molar-refractivity contribution < 1.29 is 19.7 Å². The molecule has 0 radical (unpaired) electrons. The Balaban J connectivity index is 3.65. The molecule has 0 heterocycles. The van der Waals surface area contributed by atoms with Crippen molar-refractivity contribution in [3.05, 3.63) is 12.7 Å². The Labute approximate surface area is 71.5 Å². The van der Waals surface area contributed by atoms with Crippen LogP contribution in [-0.2, 0) is 9.53 Å². The van der Waals surface area contributed by atoms with Gasteiger partial charge in [0, 0.05) is 6.42 Å². The number of hydrogen-bond donors (Lipinski definition) is 2. The van der Waals surface area contributed by atoms with Crippen molar-refractivity contribution in [2.24, 2.45) is 0 Å². The van der Waals surface area contributed by atoms with Gasteiger partial charge in [-0.2, -0.15) is 0 Å². The highest BCUT2D eigenvalue weighted by molar-refractivity contribution is 5.69. The van der Waals surface area contributed by atoms with E-state index in [0.29, 0.717) is 0 Å². The first-order chi connectivity index (χ1) is 5.60. The molecule has 0 aliphatic carbocycles. The molecular formula is C8H14O4. The fraction of sp³-hybridized carbons (Fsp3) is 0.625. The van der Waals surface area contributed by atoms with Gasteiger partial charge in [-0.15, -0.1) is 6.58 Å². The first-order valence-corrected chi connectivity index (χ1v) is 3.65. The summed E-state index contributed by atoms with van der Waals surface area (Å²) >= 11 is 0. The van der Waals surface area contributed by atoms with Crippen LogP contribution in [0.4, 0.5) is 0 Å². The molecule has 0 aromatic heterocycles. The summed E-state index contributed by atoms with van der Waals surface area (Å²) in [6.07, 6.45) is -0.323. The lowest BCUT2D eigenvalue weighted by atomic mass is 10.1. The average molecular weight is 174 g/mol. The van der Waals surface area contributed by atoms with Crippen LogP contribution in [0.1, 0.15) is 12.8 Å². The molecule has 0 bridgehead atoms. The number of aliphatic hydroxyl groups excluding tert-OH is 2. The van der Waals surface area contributed by atoms with E-state index in [-0.39, 0.29) is 12.8 Å². The van der Waals surface area contributed by atoms with Gasteiger partial charge in [0.15, 0.2) is 0 Å². The largest absolute Gasteiger partial charge is 0.469 e. The molecule has 12 heavy (non-hydrogen) atoms. The van der Waals surface area contributed by atoms with E-state index in [9.17, 15) is 4.79 Å². The van der Waals surface area contributed by atoms with Gasteiger partial charge in [0.2, 0.25) is 0 Å². The Bertz CT molecular complexity index is 155. The minimum Gasteiger partial charge on any atom is -0.469 e. The highest BCUT2D eigenvalue weighted by atomic mass is 16.5. The zero-order valence-corrected chi connectivity index (χ0v) is 7.06. The van der Waals surface area contributed by atoms with Crippen molar-refractivity contribution in [1.29, 1.82) is 0 Å². The highest BCUT2D eigenvalue weighted by Gasteiger charge is 2.13. The first-order valence-electron chi connectivity index (χ1n) is 3.65. The number of carbonyl (C=O) groups excluding carboxylic acids is 1. The molecule has 0 saturated carbocycles. The molecule has 70 valence electrons. The number of esters is 1. The van der Waals surface area contributed by atoms with E-state index in [1.54, 1.807) is 0 Å². The first kappa shape index (κ1) is 11.1. The fourth-order valence-electron chi connectivity index (χ4n) is 0.734. The average Bonchev–Trinajstić information content (AvgIpc) is 2.03. The van der Waals surface area contributed by atoms with E-state index >= 15 is 0 Å². The van der Waals surface area contributed by atoms with Gasteiger partial charge < -0.3 is 14.9 Å². The van der Waals surface area contributed by atoms with E-state index in [1.807, 2.05) is 0 Å². The molecule has 0 unspecified atom stereocenters. The zero-order chi connectivity index (χ0) is 9.56. The third-order valence-corrected chi connectivity index (χ3v) is 1.42. The van der Waals surface area contributed by atoms with Crippen molar-refractivity contribution in [2.45, 2.75) is 25.0 Å². The minimum absolute atomic E-state index is 0.0958. The lowest BCUT2D eigenvalue weighted by Gasteiger charge is -2.10. The van der Waals surface area contributed by atoms with E-state index in [1.165, 1.54) is 13.2 Å². The standard InChI is InChI=1S/C8H14O4/c1-3-6(9)4-7(10)5-8(11)12-2/h3,6-7,9-10H,1,4-5H2,2H3/t6-,7-/m0/s1. The van der Waals surface area contributed by atoms with Crippen LogP contribution in [0, 0.1) is 0 Å². The summed E-state index contributed by atoms with van der Waals surface area (Å²) in [5.74, 6) is -0.487. The van der Waals surface area contributed by atoms with E-state index < -0.39 is 18.2 Å². The van der Waals surface area contributed by atoms with Crippen molar-refractivity contribution in [2.75, 3.05) is 7.11 Å². The summed E-state index contributed by atoms with van der Waals surface area (Å²) in [5.41, 5.74) is 0. The van der Waals surface area contributed by atoms with Gasteiger partial charge in [-0.1, -0.05) is 6.08 Å². The molecule has 4 heteroatoms. The zero-order valence-electron chi connectivity index (χ0n) is 7.06. The predicted octanol–water partition coefficient (Wildman–Crippen LogP) is -0.153. The molecule has 0 spiro atoms. The molecule has 4 nitrogen and oxygen atoms in total. The summed E-state index contributed by atoms with van der Waals surface area (Å²) in [7, 11) is 1.25. The predicted molar refractivity (Wildman–Crippen MR) is 43.5 cm³/mol. The van der Waals surface area contributed by atoms with E-state index in [0.717, 1.165) is 0 Å². The maximum Gasteiger partial charge on any atom is 0.308 e. The molecule has 0 fully saturated rings. The number of rotatable bonds is 5. The Hall–Kier alpha value is -0.870. The van der Waals surface area contributed by atoms with E-state index in [2.05, 4.69) is 11.3 Å². The summed E-state index contributed by atoms with van der Waals surface area (Å²) < 4.78 is 4.33. The Morgan fingerprint density at radius 3 is 2.67 bits per heavy atom. The van der Waals surface area contributed by atoms with Gasteiger partial charge in [0.05, 0.1) is 25.7 Å². The number of hydrogen-bond acceptors (Lipinski definition) is 4. The Morgan fingerprint density at radius 2 is 2.25 bits per heavy atom. The molecule has 0 aliphatic rings. The summed E-state index contributed by atoms with van der Waals surface area (Å²) in [5, 5.41) is 18.1. The van der Waals surface area contributed by atoms with Gasteiger partial charge in [0.1, 0.15) is 0 Å². The lowest BCUT2D eigenvalue weighted by molar-refractivity contribution is -0.143. The summed E-state index contributed by atoms with van der Waals surface area (Å²) in [6.45, 7) is 3.34. The van der Waals surface area contributed by atoms with Crippen LogP contribution < -0.4 is 0 Å². The van der Waals surface area contributed by atoms with Crippen LogP contribution >= 0.6 is 0 Å². The normalized spacial score (nSPS) is 14.9. The number of ether oxygens (including phenoxy) is 1. The Kier molecular flexibility index (Phi) is 5.32. The van der Waals surface area contributed by atoms with Gasteiger partial charge >= 0.3 is 5.97 Å². The molecule has 2 N–H and O–H groups in total. The number of carbonyl (C=O) groups is 1. The molecule has 2 atom stereocenters. The second-order valence-electron chi connectivity index (χ2n) is 2.47. The third-order valence-electron chi connectivity index (χ3n) is 1.42. The minimum atomic E-state index is -0.870. The van der Waals surface area contributed by atoms with Gasteiger partial charge in [-0.05, 0) is 0 Å². The maximum absolute atomic E-state index is 10.6. The van der Waals surface area contributed by atoms with Crippen LogP contribution in [0.5, 0.6) is 0 Å². The van der Waals surface area contributed by atoms with Crippen molar-refractivity contribution >= 4 is 5.97 Å². The monoisotopic (exact) mass is 174 g/mol. The summed E-state index contributed by atoms with van der Waals surface area (Å²) in [6, 6.07) is 0. The van der Waals surface area contributed by atoms with Crippen LogP contribution in [0.15, 0.2) is 12.7 Å². The topological polar surface area (TPSA) is 66.8 Å². The highest BCUT2D eigenvalue weighted by Crippen LogP contribution is 2.03. The van der Waals surface area contributed by atoms with Crippen molar-refractivity contribution in [3.63, 3.8) is 0 Å². The molecule has 0 amide bonds. The molecule has 0 aliphatic heterocycles. The van der Waals surface area contributed by atoms with Crippen molar-refractivity contribution in [3.8, 4) is 0 Å². The number of aliphatic hydroxyl groups is 2. The van der Waals surface area contributed by atoms with Crippen LogP contribution in [0.25, 0.3) is 0 Å². The van der Waals surface area contributed by atoms with Crippen LogP contribution in [0.3, 0.4) is 0 Å². The number of methoxy groups -OCH3 is 1. The third kappa shape index (κ3) is 4.87. The van der Waals surface area contributed by atoms with Gasteiger partial charge in [0.25, 0.3) is 0 Å². The maximum atomic E-state index is 10.6. The van der Waals surface area contributed by atoms with Crippen molar-refractivity contribution in [1.82, 2.24) is 0 Å². The molecular weight excluding hydrogens is 160 g/mol. The molecule has 0 saturated heterocycles. The lowest BCUT2D eigenvalue weighted by Crippen LogP contribution is -2.19. The smallest absolute Gasteiger partial charge is 0.308 e. The quantitative estimate of drug-likeness (QED) is 0.449. The summed E-state index contributed by atoms with van der Waals surface area (Å²) in [4.78, 5) is 10.6.